The molecule has 0 aliphatic carbocycles. The molecule has 0 fully saturated rings. The number of anilines is 1. The van der Waals surface area contributed by atoms with Crippen LogP contribution >= 0.6 is 15.9 Å². The molecule has 4 nitrogen and oxygen atoms in total. The molecule has 0 bridgehead atoms. The van der Waals surface area contributed by atoms with Gasteiger partial charge in [0.25, 0.3) is 5.91 Å². The van der Waals surface area contributed by atoms with Crippen LogP contribution in [0, 0.1) is 0 Å². The van der Waals surface area contributed by atoms with Crippen LogP contribution in [-0.2, 0) is 0 Å². The van der Waals surface area contributed by atoms with Gasteiger partial charge in [0, 0.05) is 0 Å². The van der Waals surface area contributed by atoms with Gasteiger partial charge >= 0.3 is 0 Å². The first kappa shape index (κ1) is 12.7. The molecule has 1 heterocycles. The average Bonchev–Trinajstić information content (AvgIpc) is 2.78. The van der Waals surface area contributed by atoms with Gasteiger partial charge < -0.3 is 14.5 Å². The maximum Gasteiger partial charge on any atom is 0.260 e. The number of hydrogen-bond acceptors (Lipinski definition) is 3. The quantitative estimate of drug-likeness (QED) is 0.937. The second kappa shape index (κ2) is 5.73. The van der Waals surface area contributed by atoms with Crippen molar-refractivity contribution in [2.75, 3.05) is 11.9 Å². The molecule has 1 N–H and O–H groups in total. The fourth-order valence-corrected chi connectivity index (χ4v) is 1.92. The zero-order valence-corrected chi connectivity index (χ0v) is 11.4. The molecule has 18 heavy (non-hydrogen) atoms. The van der Waals surface area contributed by atoms with Crippen molar-refractivity contribution in [3.63, 3.8) is 0 Å². The highest BCUT2D eigenvalue weighted by molar-refractivity contribution is 9.10. The largest absolute Gasteiger partial charge is 0.492 e. The summed E-state index contributed by atoms with van der Waals surface area (Å²) in [6, 6.07) is 8.89. The Hall–Kier alpha value is -1.75. The van der Waals surface area contributed by atoms with Crippen molar-refractivity contribution in [2.45, 2.75) is 6.92 Å². The van der Waals surface area contributed by atoms with Crippen molar-refractivity contribution < 1.29 is 13.9 Å². The Labute approximate surface area is 113 Å². The summed E-state index contributed by atoms with van der Waals surface area (Å²) in [5.41, 5.74) is 1.08. The van der Waals surface area contributed by atoms with Gasteiger partial charge in [-0.15, -0.1) is 0 Å². The monoisotopic (exact) mass is 309 g/mol. The van der Waals surface area contributed by atoms with E-state index in [0.29, 0.717) is 28.3 Å². The Morgan fingerprint density at radius 3 is 2.83 bits per heavy atom. The molecule has 94 valence electrons. The molecule has 0 saturated heterocycles. The molecule has 2 aromatic rings. The Morgan fingerprint density at radius 1 is 1.39 bits per heavy atom. The van der Waals surface area contributed by atoms with E-state index >= 15 is 0 Å². The zero-order chi connectivity index (χ0) is 13.0. The predicted molar refractivity (Wildman–Crippen MR) is 72.0 cm³/mol. The summed E-state index contributed by atoms with van der Waals surface area (Å²) in [5, 5.41) is 2.78. The Kier molecular flexibility index (Phi) is 4.04. The van der Waals surface area contributed by atoms with E-state index in [1.165, 1.54) is 6.26 Å². The maximum absolute atomic E-state index is 12.0. The van der Waals surface area contributed by atoms with Gasteiger partial charge in [-0.2, -0.15) is 0 Å². The molecule has 0 radical (unpaired) electrons. The molecular weight excluding hydrogens is 298 g/mol. The molecule has 0 spiro atoms. The van der Waals surface area contributed by atoms with Gasteiger partial charge in [-0.3, -0.25) is 4.79 Å². The number of hydrogen-bond donors (Lipinski definition) is 1. The van der Waals surface area contributed by atoms with Crippen molar-refractivity contribution in [1.29, 1.82) is 0 Å². The zero-order valence-electron chi connectivity index (χ0n) is 9.77. The van der Waals surface area contributed by atoms with Crippen LogP contribution in [0.1, 0.15) is 17.3 Å². The molecule has 2 rings (SSSR count). The number of carbonyl (C=O) groups excluding carboxylic acids is 1. The molecular formula is C13H12BrNO3. The van der Waals surface area contributed by atoms with Crippen LogP contribution in [0.4, 0.5) is 5.69 Å². The molecule has 5 heteroatoms. The van der Waals surface area contributed by atoms with Crippen molar-refractivity contribution in [1.82, 2.24) is 0 Å². The van der Waals surface area contributed by atoms with Crippen molar-refractivity contribution >= 4 is 27.5 Å². The van der Waals surface area contributed by atoms with Gasteiger partial charge in [0.15, 0.2) is 4.67 Å². The second-order valence-corrected chi connectivity index (χ2v) is 4.21. The standard InChI is InChI=1S/C13H12BrNO3/c1-2-17-11-6-4-3-5-10(11)15-13(16)9-7-8-18-12(9)14/h3-8H,2H2,1H3,(H,15,16). The number of ether oxygens (including phenoxy) is 1. The number of rotatable bonds is 4. The van der Waals surface area contributed by atoms with E-state index in [1.54, 1.807) is 12.1 Å². The van der Waals surface area contributed by atoms with E-state index in [0.717, 1.165) is 0 Å². The number of benzene rings is 1. The minimum absolute atomic E-state index is 0.247. The lowest BCUT2D eigenvalue weighted by Crippen LogP contribution is -2.12. The van der Waals surface area contributed by atoms with Crippen LogP contribution in [0.25, 0.3) is 0 Å². The lowest BCUT2D eigenvalue weighted by atomic mass is 10.2. The number of para-hydroxylation sites is 2. The molecule has 1 aromatic carbocycles. The Balaban J connectivity index is 2.19. The molecule has 0 unspecified atom stereocenters. The molecule has 0 saturated carbocycles. The first-order valence-corrected chi connectivity index (χ1v) is 6.28. The van der Waals surface area contributed by atoms with Gasteiger partial charge in [-0.1, -0.05) is 12.1 Å². The third kappa shape index (κ3) is 2.73. The van der Waals surface area contributed by atoms with Gasteiger partial charge in [0.2, 0.25) is 0 Å². The van der Waals surface area contributed by atoms with Crippen molar-refractivity contribution in [3.05, 3.63) is 46.8 Å². The van der Waals surface area contributed by atoms with Crippen LogP contribution < -0.4 is 10.1 Å². The lowest BCUT2D eigenvalue weighted by molar-refractivity contribution is 0.102. The Bertz CT molecular complexity index is 551. The number of nitrogens with one attached hydrogen (secondary N) is 1. The third-order valence-electron chi connectivity index (χ3n) is 2.30. The van der Waals surface area contributed by atoms with E-state index < -0.39 is 0 Å². The Morgan fingerprint density at radius 2 is 2.17 bits per heavy atom. The van der Waals surface area contributed by atoms with Gasteiger partial charge in [-0.05, 0) is 41.1 Å². The summed E-state index contributed by atoms with van der Waals surface area (Å²) in [4.78, 5) is 12.0. The summed E-state index contributed by atoms with van der Waals surface area (Å²) >= 11 is 3.17. The fraction of sp³-hybridized carbons (Fsp3) is 0.154. The predicted octanol–water partition coefficient (Wildman–Crippen LogP) is 3.69. The van der Waals surface area contributed by atoms with Crippen LogP contribution in [0.15, 0.2) is 45.7 Å². The summed E-state index contributed by atoms with van der Waals surface area (Å²) in [6.45, 7) is 2.44. The average molecular weight is 310 g/mol. The topological polar surface area (TPSA) is 51.5 Å². The van der Waals surface area contributed by atoms with Gasteiger partial charge in [0.1, 0.15) is 5.75 Å². The molecule has 1 aromatic heterocycles. The minimum Gasteiger partial charge on any atom is -0.492 e. The number of furan rings is 1. The summed E-state index contributed by atoms with van der Waals surface area (Å²) in [6.07, 6.45) is 1.45. The van der Waals surface area contributed by atoms with Crippen LogP contribution in [0.3, 0.4) is 0 Å². The summed E-state index contributed by atoms with van der Waals surface area (Å²) in [5.74, 6) is 0.399. The van der Waals surface area contributed by atoms with E-state index in [1.807, 2.05) is 25.1 Å². The van der Waals surface area contributed by atoms with Crippen LogP contribution in [0.5, 0.6) is 5.75 Å². The minimum atomic E-state index is -0.247. The lowest BCUT2D eigenvalue weighted by Gasteiger charge is -2.10. The van der Waals surface area contributed by atoms with E-state index in [4.69, 9.17) is 9.15 Å². The highest BCUT2D eigenvalue weighted by Crippen LogP contribution is 2.25. The van der Waals surface area contributed by atoms with E-state index in [9.17, 15) is 4.79 Å². The third-order valence-corrected chi connectivity index (χ3v) is 2.91. The first-order chi connectivity index (χ1) is 8.72. The van der Waals surface area contributed by atoms with E-state index in [-0.39, 0.29) is 5.91 Å². The molecule has 1 amide bonds. The molecule has 0 aliphatic heterocycles. The highest BCUT2D eigenvalue weighted by Gasteiger charge is 2.14. The second-order valence-electron chi connectivity index (χ2n) is 3.49. The fourth-order valence-electron chi connectivity index (χ4n) is 1.50. The van der Waals surface area contributed by atoms with Crippen molar-refractivity contribution in [3.8, 4) is 5.75 Å². The maximum atomic E-state index is 12.0. The molecule has 0 aliphatic rings. The van der Waals surface area contributed by atoms with E-state index in [2.05, 4.69) is 21.2 Å². The SMILES string of the molecule is CCOc1ccccc1NC(=O)c1ccoc1Br. The number of carbonyl (C=O) groups is 1. The normalized spacial score (nSPS) is 10.1. The van der Waals surface area contributed by atoms with Crippen molar-refractivity contribution in [2.24, 2.45) is 0 Å². The smallest absolute Gasteiger partial charge is 0.260 e. The summed E-state index contributed by atoms with van der Waals surface area (Å²) in [7, 11) is 0. The van der Waals surface area contributed by atoms with Crippen LogP contribution in [0.2, 0.25) is 0 Å². The first-order valence-electron chi connectivity index (χ1n) is 5.48. The molecule has 0 atom stereocenters. The number of halogens is 1. The van der Waals surface area contributed by atoms with Gasteiger partial charge in [0.05, 0.1) is 24.1 Å². The number of amides is 1. The summed E-state index contributed by atoms with van der Waals surface area (Å²) < 4.78 is 10.9. The van der Waals surface area contributed by atoms with Gasteiger partial charge in [-0.25, -0.2) is 0 Å². The van der Waals surface area contributed by atoms with Crippen LogP contribution in [-0.4, -0.2) is 12.5 Å². The highest BCUT2D eigenvalue weighted by atomic mass is 79.9.